The Labute approximate surface area is 147 Å². The van der Waals surface area contributed by atoms with Crippen molar-refractivity contribution >= 4 is 23.6 Å². The van der Waals surface area contributed by atoms with Gasteiger partial charge in [0.2, 0.25) is 11.8 Å². The average molecular weight is 342 g/mol. The third-order valence-electron chi connectivity index (χ3n) is 3.44. The monoisotopic (exact) mass is 342 g/mol. The molecule has 0 aliphatic heterocycles. The van der Waals surface area contributed by atoms with Crippen molar-refractivity contribution in [3.05, 3.63) is 66.2 Å². The quantitative estimate of drug-likeness (QED) is 0.760. The van der Waals surface area contributed by atoms with Gasteiger partial charge < -0.3 is 10.6 Å². The lowest BCUT2D eigenvalue weighted by atomic mass is 10.1. The highest BCUT2D eigenvalue weighted by Crippen LogP contribution is 2.35. The maximum absolute atomic E-state index is 12.8. The number of thioether (sulfide) groups is 1. The van der Waals surface area contributed by atoms with E-state index in [4.69, 9.17) is 0 Å². The molecule has 5 heteroatoms. The van der Waals surface area contributed by atoms with Crippen molar-refractivity contribution < 1.29 is 9.59 Å². The third-order valence-corrected chi connectivity index (χ3v) is 4.71. The molecule has 2 aromatic carbocycles. The fourth-order valence-corrected chi connectivity index (χ4v) is 3.27. The molecule has 0 aliphatic carbocycles. The molecule has 0 bridgehead atoms. The van der Waals surface area contributed by atoms with E-state index in [1.54, 1.807) is 6.92 Å². The van der Waals surface area contributed by atoms with E-state index in [0.717, 1.165) is 10.5 Å². The number of carbonyl (C=O) groups excluding carboxylic acids is 2. The highest BCUT2D eigenvalue weighted by atomic mass is 32.2. The second-order valence-corrected chi connectivity index (χ2v) is 6.52. The summed E-state index contributed by atoms with van der Waals surface area (Å²) in [6.07, 6.45) is 0. The largest absolute Gasteiger partial charge is 0.355 e. The lowest BCUT2D eigenvalue weighted by molar-refractivity contribution is -0.128. The summed E-state index contributed by atoms with van der Waals surface area (Å²) >= 11 is 1.47. The summed E-state index contributed by atoms with van der Waals surface area (Å²) in [5.74, 6) is -0.351. The van der Waals surface area contributed by atoms with E-state index in [2.05, 4.69) is 10.6 Å². The summed E-state index contributed by atoms with van der Waals surface area (Å²) in [6.45, 7) is 4.09. The highest BCUT2D eigenvalue weighted by molar-refractivity contribution is 8.00. The van der Waals surface area contributed by atoms with Crippen LogP contribution in [0.15, 0.2) is 65.6 Å². The Kier molecular flexibility index (Phi) is 6.88. The van der Waals surface area contributed by atoms with E-state index in [1.807, 2.05) is 67.6 Å². The van der Waals surface area contributed by atoms with Crippen LogP contribution >= 0.6 is 11.8 Å². The van der Waals surface area contributed by atoms with Crippen LogP contribution in [0.4, 0.5) is 0 Å². The fraction of sp³-hybridized carbons (Fsp3) is 0.263. The van der Waals surface area contributed by atoms with Crippen LogP contribution in [0, 0.1) is 0 Å². The van der Waals surface area contributed by atoms with Crippen molar-refractivity contribution in [2.24, 2.45) is 0 Å². The number of hydrogen-bond donors (Lipinski definition) is 2. The molecule has 0 saturated carbocycles. The van der Waals surface area contributed by atoms with Crippen LogP contribution in [0.3, 0.4) is 0 Å². The van der Waals surface area contributed by atoms with Crippen molar-refractivity contribution in [2.75, 3.05) is 6.54 Å². The minimum atomic E-state index is -0.569. The summed E-state index contributed by atoms with van der Waals surface area (Å²) in [5.41, 5.74) is 0.909. The van der Waals surface area contributed by atoms with Gasteiger partial charge in [-0.25, -0.2) is 0 Å². The smallest absolute Gasteiger partial charge is 0.242 e. The first kappa shape index (κ1) is 18.1. The third kappa shape index (κ3) is 5.13. The minimum absolute atomic E-state index is 0.172. The van der Waals surface area contributed by atoms with Gasteiger partial charge in [0.25, 0.3) is 0 Å². The predicted octanol–water partition coefficient (Wildman–Crippen LogP) is 3.16. The Hall–Kier alpha value is -2.27. The molecular formula is C19H22N2O2S. The van der Waals surface area contributed by atoms with Crippen molar-refractivity contribution in [1.29, 1.82) is 0 Å². The molecular weight excluding hydrogens is 320 g/mol. The zero-order valence-corrected chi connectivity index (χ0v) is 14.7. The molecule has 4 nitrogen and oxygen atoms in total. The van der Waals surface area contributed by atoms with E-state index < -0.39 is 11.3 Å². The molecule has 0 aliphatic rings. The average Bonchev–Trinajstić information content (AvgIpc) is 2.61. The van der Waals surface area contributed by atoms with Crippen LogP contribution in [0.2, 0.25) is 0 Å². The molecule has 0 heterocycles. The van der Waals surface area contributed by atoms with Gasteiger partial charge in [0.1, 0.15) is 11.3 Å². The molecule has 2 unspecified atom stereocenters. The Bertz CT molecular complexity index is 662. The second kappa shape index (κ2) is 9.13. The second-order valence-electron chi connectivity index (χ2n) is 5.35. The first-order valence-electron chi connectivity index (χ1n) is 7.96. The highest BCUT2D eigenvalue weighted by Gasteiger charge is 2.25. The van der Waals surface area contributed by atoms with E-state index in [9.17, 15) is 9.59 Å². The van der Waals surface area contributed by atoms with Crippen LogP contribution in [0.25, 0.3) is 0 Å². The van der Waals surface area contributed by atoms with Crippen molar-refractivity contribution in [3.8, 4) is 0 Å². The Balaban J connectivity index is 2.16. The van der Waals surface area contributed by atoms with Crippen LogP contribution in [-0.4, -0.2) is 24.4 Å². The van der Waals surface area contributed by atoms with Gasteiger partial charge in [-0.2, -0.15) is 0 Å². The normalized spacial score (nSPS) is 12.9. The molecule has 0 fully saturated rings. The molecule has 0 radical (unpaired) electrons. The van der Waals surface area contributed by atoms with Gasteiger partial charge in [-0.15, -0.1) is 11.8 Å². The lowest BCUT2D eigenvalue weighted by Gasteiger charge is -2.20. The number of benzene rings is 2. The van der Waals surface area contributed by atoms with Gasteiger partial charge in [0.15, 0.2) is 0 Å². The van der Waals surface area contributed by atoms with Crippen LogP contribution in [0.1, 0.15) is 24.7 Å². The minimum Gasteiger partial charge on any atom is -0.355 e. The number of carbonyl (C=O) groups is 2. The standard InChI is InChI=1S/C19H22N2O2S/c1-3-20-18(22)14(2)21-19(23)17(15-10-6-4-7-11-15)24-16-12-8-5-9-13-16/h4-14,17H,3H2,1-2H3,(H,20,22)(H,21,23). The molecule has 24 heavy (non-hydrogen) atoms. The van der Waals surface area contributed by atoms with E-state index in [-0.39, 0.29) is 11.8 Å². The van der Waals surface area contributed by atoms with Crippen molar-refractivity contribution in [1.82, 2.24) is 10.6 Å². The number of amides is 2. The van der Waals surface area contributed by atoms with Crippen LogP contribution in [0.5, 0.6) is 0 Å². The predicted molar refractivity (Wildman–Crippen MR) is 97.8 cm³/mol. The van der Waals surface area contributed by atoms with Gasteiger partial charge in [0, 0.05) is 11.4 Å². The molecule has 2 aromatic rings. The number of nitrogens with one attached hydrogen (secondary N) is 2. The molecule has 0 aromatic heterocycles. The Morgan fingerprint density at radius 1 is 0.958 bits per heavy atom. The van der Waals surface area contributed by atoms with Gasteiger partial charge in [-0.3, -0.25) is 9.59 Å². The van der Waals surface area contributed by atoms with Gasteiger partial charge in [-0.05, 0) is 31.5 Å². The van der Waals surface area contributed by atoms with Crippen molar-refractivity contribution in [3.63, 3.8) is 0 Å². The molecule has 2 atom stereocenters. The Morgan fingerprint density at radius 3 is 2.12 bits per heavy atom. The first-order valence-corrected chi connectivity index (χ1v) is 8.84. The number of rotatable bonds is 7. The van der Waals surface area contributed by atoms with Crippen LogP contribution in [-0.2, 0) is 9.59 Å². The SMILES string of the molecule is CCNC(=O)C(C)NC(=O)C(Sc1ccccc1)c1ccccc1. The summed E-state index contributed by atoms with van der Waals surface area (Å²) in [4.78, 5) is 25.6. The van der Waals surface area contributed by atoms with Crippen LogP contribution < -0.4 is 10.6 Å². The van der Waals surface area contributed by atoms with E-state index >= 15 is 0 Å². The van der Waals surface area contributed by atoms with E-state index in [0.29, 0.717) is 6.54 Å². The molecule has 2 rings (SSSR count). The molecule has 0 spiro atoms. The van der Waals surface area contributed by atoms with Gasteiger partial charge in [0.05, 0.1) is 0 Å². The van der Waals surface area contributed by atoms with E-state index in [1.165, 1.54) is 11.8 Å². The number of hydrogen-bond acceptors (Lipinski definition) is 3. The molecule has 2 N–H and O–H groups in total. The summed E-state index contributed by atoms with van der Waals surface area (Å²) < 4.78 is 0. The first-order chi connectivity index (χ1) is 11.6. The topological polar surface area (TPSA) is 58.2 Å². The Morgan fingerprint density at radius 2 is 1.54 bits per heavy atom. The van der Waals surface area contributed by atoms with Gasteiger partial charge >= 0.3 is 0 Å². The summed E-state index contributed by atoms with van der Waals surface area (Å²) in [5, 5.41) is 5.12. The maximum atomic E-state index is 12.8. The molecule has 126 valence electrons. The van der Waals surface area contributed by atoms with Gasteiger partial charge in [-0.1, -0.05) is 48.5 Å². The zero-order chi connectivity index (χ0) is 17.4. The summed E-state index contributed by atoms with van der Waals surface area (Å²) in [6, 6.07) is 18.8. The maximum Gasteiger partial charge on any atom is 0.242 e. The lowest BCUT2D eigenvalue weighted by Crippen LogP contribution is -2.45. The fourth-order valence-electron chi connectivity index (χ4n) is 2.22. The molecule has 2 amide bonds. The summed E-state index contributed by atoms with van der Waals surface area (Å²) in [7, 11) is 0. The zero-order valence-electron chi connectivity index (χ0n) is 13.9. The number of likely N-dealkylation sites (N-methyl/N-ethyl adjacent to an activating group) is 1. The molecule has 0 saturated heterocycles. The van der Waals surface area contributed by atoms with Crippen molar-refractivity contribution in [2.45, 2.75) is 30.0 Å².